The van der Waals surface area contributed by atoms with E-state index in [0.29, 0.717) is 5.57 Å². The molecule has 1 aliphatic heterocycles. The average molecular weight is 204 g/mol. The maximum absolute atomic E-state index is 11.1. The number of ether oxygens (including phenoxy) is 1. The molecule has 0 aliphatic carbocycles. The van der Waals surface area contributed by atoms with Gasteiger partial charge >= 0.3 is 5.97 Å². The van der Waals surface area contributed by atoms with Crippen molar-refractivity contribution in [1.82, 2.24) is 0 Å². The lowest BCUT2D eigenvalue weighted by molar-refractivity contribution is -0.142. The Balaban J connectivity index is 2.35. The van der Waals surface area contributed by atoms with Crippen LogP contribution in [0.4, 0.5) is 0 Å². The van der Waals surface area contributed by atoms with Crippen LogP contribution in [0.3, 0.4) is 0 Å². The lowest BCUT2D eigenvalue weighted by atomic mass is 10.0. The topological polar surface area (TPSA) is 46.5 Å². The quantitative estimate of drug-likeness (QED) is 0.714. The van der Waals surface area contributed by atoms with Crippen molar-refractivity contribution in [1.29, 1.82) is 0 Å². The van der Waals surface area contributed by atoms with Crippen molar-refractivity contribution in [3.63, 3.8) is 0 Å². The third kappa shape index (κ3) is 1.61. The van der Waals surface area contributed by atoms with Crippen molar-refractivity contribution in [2.45, 2.75) is 20.0 Å². The summed E-state index contributed by atoms with van der Waals surface area (Å²) in [6, 6.07) is 7.70. The van der Waals surface area contributed by atoms with Crippen LogP contribution >= 0.6 is 0 Å². The molecule has 0 saturated heterocycles. The minimum Gasteiger partial charge on any atom is -0.502 e. The number of carbonyl (C=O) groups is 1. The van der Waals surface area contributed by atoms with Crippen LogP contribution in [0, 0.1) is 6.92 Å². The number of benzene rings is 1. The van der Waals surface area contributed by atoms with Crippen LogP contribution in [0.2, 0.25) is 0 Å². The third-order valence-corrected chi connectivity index (χ3v) is 2.57. The Morgan fingerprint density at radius 3 is 2.27 bits per heavy atom. The van der Waals surface area contributed by atoms with E-state index in [-0.39, 0.29) is 5.76 Å². The summed E-state index contributed by atoms with van der Waals surface area (Å²) in [6.07, 6.45) is -0.432. The van der Waals surface area contributed by atoms with Gasteiger partial charge in [0.15, 0.2) is 6.10 Å². The molecule has 1 atom stereocenters. The Morgan fingerprint density at radius 2 is 1.80 bits per heavy atom. The number of esters is 1. The molecule has 1 aliphatic rings. The second kappa shape index (κ2) is 3.42. The van der Waals surface area contributed by atoms with E-state index in [4.69, 9.17) is 4.74 Å². The van der Waals surface area contributed by atoms with Crippen molar-refractivity contribution in [2.75, 3.05) is 0 Å². The molecule has 3 heteroatoms. The Morgan fingerprint density at radius 1 is 1.20 bits per heavy atom. The van der Waals surface area contributed by atoms with Gasteiger partial charge in [0.05, 0.1) is 0 Å². The van der Waals surface area contributed by atoms with Crippen LogP contribution in [0.1, 0.15) is 24.2 Å². The lowest BCUT2D eigenvalue weighted by Gasteiger charge is -2.11. The van der Waals surface area contributed by atoms with Crippen molar-refractivity contribution >= 4 is 5.97 Å². The summed E-state index contributed by atoms with van der Waals surface area (Å²) in [5.74, 6) is -0.904. The van der Waals surface area contributed by atoms with E-state index in [1.165, 1.54) is 0 Å². The Hall–Kier alpha value is -1.77. The first kappa shape index (κ1) is 9.77. The van der Waals surface area contributed by atoms with Crippen molar-refractivity contribution in [3.8, 4) is 0 Å². The van der Waals surface area contributed by atoms with Gasteiger partial charge in [-0.3, -0.25) is 0 Å². The summed E-state index contributed by atoms with van der Waals surface area (Å²) in [5, 5.41) is 9.36. The second-order valence-electron chi connectivity index (χ2n) is 3.73. The first-order chi connectivity index (χ1) is 7.09. The Labute approximate surface area is 88.0 Å². The minimum absolute atomic E-state index is 0.263. The molecule has 0 amide bonds. The highest BCUT2D eigenvalue weighted by atomic mass is 16.6. The average Bonchev–Trinajstić information content (AvgIpc) is 2.47. The van der Waals surface area contributed by atoms with Crippen molar-refractivity contribution < 1.29 is 14.6 Å². The predicted octanol–water partition coefficient (Wildman–Crippen LogP) is 2.42. The molecule has 0 aromatic heterocycles. The summed E-state index contributed by atoms with van der Waals surface area (Å²) in [5.41, 5.74) is 2.60. The smallest absolute Gasteiger partial charge is 0.374 e. The molecule has 0 radical (unpaired) electrons. The number of aliphatic hydroxyl groups excluding tert-OH is 1. The third-order valence-electron chi connectivity index (χ3n) is 2.57. The minimum atomic E-state index is -0.641. The van der Waals surface area contributed by atoms with Gasteiger partial charge in [-0.25, -0.2) is 4.79 Å². The molecular formula is C12H12O3. The molecule has 0 spiro atoms. The zero-order chi connectivity index (χ0) is 11.0. The van der Waals surface area contributed by atoms with E-state index in [1.807, 2.05) is 31.2 Å². The van der Waals surface area contributed by atoms with Crippen LogP contribution in [-0.2, 0) is 9.53 Å². The van der Waals surface area contributed by atoms with Gasteiger partial charge < -0.3 is 9.84 Å². The van der Waals surface area contributed by atoms with Crippen LogP contribution in [0.5, 0.6) is 0 Å². The Bertz CT molecular complexity index is 429. The van der Waals surface area contributed by atoms with E-state index in [9.17, 15) is 9.90 Å². The molecule has 1 aromatic rings. The fourth-order valence-electron chi connectivity index (χ4n) is 1.60. The van der Waals surface area contributed by atoms with Gasteiger partial charge in [0.2, 0.25) is 5.76 Å². The van der Waals surface area contributed by atoms with Gasteiger partial charge in [0.25, 0.3) is 0 Å². The largest absolute Gasteiger partial charge is 0.502 e. The zero-order valence-electron chi connectivity index (χ0n) is 8.65. The van der Waals surface area contributed by atoms with Crippen molar-refractivity contribution in [2.24, 2.45) is 0 Å². The summed E-state index contributed by atoms with van der Waals surface area (Å²) in [6.45, 7) is 3.69. The number of cyclic esters (lactones) is 1. The summed E-state index contributed by atoms with van der Waals surface area (Å²) < 4.78 is 5.05. The van der Waals surface area contributed by atoms with Gasteiger partial charge in [-0.15, -0.1) is 0 Å². The fourth-order valence-corrected chi connectivity index (χ4v) is 1.60. The molecule has 1 N–H and O–H groups in total. The van der Waals surface area contributed by atoms with E-state index in [1.54, 1.807) is 6.92 Å². The first-order valence-electron chi connectivity index (χ1n) is 4.77. The number of hydrogen-bond acceptors (Lipinski definition) is 3. The molecule has 3 nitrogen and oxygen atoms in total. The number of aryl methyl sites for hydroxylation is 1. The number of rotatable bonds is 1. The van der Waals surface area contributed by atoms with Crippen LogP contribution < -0.4 is 0 Å². The molecule has 1 heterocycles. The number of aliphatic hydroxyl groups is 1. The lowest BCUT2D eigenvalue weighted by Crippen LogP contribution is -2.02. The van der Waals surface area contributed by atoms with Crippen LogP contribution in [-0.4, -0.2) is 11.1 Å². The maximum atomic E-state index is 11.1. The zero-order valence-corrected chi connectivity index (χ0v) is 8.65. The standard InChI is InChI=1S/C12H12O3/c1-7-3-5-9(6-4-7)11-8(2)10(13)12(14)15-11/h3-6,11,13H,1-2H3. The molecule has 2 rings (SSSR count). The van der Waals surface area contributed by atoms with E-state index >= 15 is 0 Å². The monoisotopic (exact) mass is 204 g/mol. The van der Waals surface area contributed by atoms with E-state index < -0.39 is 12.1 Å². The second-order valence-corrected chi connectivity index (χ2v) is 3.73. The molecule has 1 unspecified atom stereocenters. The first-order valence-corrected chi connectivity index (χ1v) is 4.77. The number of hydrogen-bond donors (Lipinski definition) is 1. The highest BCUT2D eigenvalue weighted by Gasteiger charge is 2.32. The molecule has 0 fully saturated rings. The van der Waals surface area contributed by atoms with Crippen LogP contribution in [0.15, 0.2) is 35.6 Å². The molecule has 1 aromatic carbocycles. The molecule has 0 saturated carbocycles. The van der Waals surface area contributed by atoms with E-state index in [2.05, 4.69) is 0 Å². The van der Waals surface area contributed by atoms with Gasteiger partial charge in [0.1, 0.15) is 0 Å². The highest BCUT2D eigenvalue weighted by Crippen LogP contribution is 2.33. The van der Waals surface area contributed by atoms with E-state index in [0.717, 1.165) is 11.1 Å². The SMILES string of the molecule is CC1=C(O)C(=O)OC1c1ccc(C)cc1. The molecular weight excluding hydrogens is 192 g/mol. The van der Waals surface area contributed by atoms with Gasteiger partial charge in [0, 0.05) is 5.57 Å². The predicted molar refractivity (Wildman–Crippen MR) is 55.3 cm³/mol. The fraction of sp³-hybridized carbons (Fsp3) is 0.250. The maximum Gasteiger partial charge on any atom is 0.374 e. The molecule has 0 bridgehead atoms. The molecule has 78 valence electrons. The van der Waals surface area contributed by atoms with Crippen molar-refractivity contribution in [3.05, 3.63) is 46.7 Å². The summed E-state index contributed by atoms with van der Waals surface area (Å²) >= 11 is 0. The number of carbonyl (C=O) groups excluding carboxylic acids is 1. The van der Waals surface area contributed by atoms with Gasteiger partial charge in [-0.1, -0.05) is 29.8 Å². The summed E-state index contributed by atoms with van der Waals surface area (Å²) in [7, 11) is 0. The molecule has 15 heavy (non-hydrogen) atoms. The van der Waals surface area contributed by atoms with Gasteiger partial charge in [-0.05, 0) is 19.4 Å². The van der Waals surface area contributed by atoms with Crippen LogP contribution in [0.25, 0.3) is 0 Å². The Kier molecular flexibility index (Phi) is 2.23. The normalized spacial score (nSPS) is 20.7. The van der Waals surface area contributed by atoms with Gasteiger partial charge in [-0.2, -0.15) is 0 Å². The summed E-state index contributed by atoms with van der Waals surface area (Å²) in [4.78, 5) is 11.1. The highest BCUT2D eigenvalue weighted by molar-refractivity contribution is 5.89.